The van der Waals surface area contributed by atoms with E-state index in [2.05, 4.69) is 22.9 Å². The summed E-state index contributed by atoms with van der Waals surface area (Å²) >= 11 is 4.52. The van der Waals surface area contributed by atoms with Crippen molar-refractivity contribution >= 4 is 61.7 Å². The molecule has 186 valence electrons. The summed E-state index contributed by atoms with van der Waals surface area (Å²) in [5.41, 5.74) is 2.83. The summed E-state index contributed by atoms with van der Waals surface area (Å²) in [5, 5.41) is 0.682. The maximum atomic E-state index is 13.1. The van der Waals surface area contributed by atoms with Gasteiger partial charge in [0.05, 0.1) is 4.91 Å². The number of carbonyl (C=O) groups is 3. The first-order valence-electron chi connectivity index (χ1n) is 12.3. The molecule has 0 N–H and O–H groups in total. The third-order valence-corrected chi connectivity index (χ3v) is 8.33. The standard InChI is InChI=1S/C28H28BrN3O3S/c1-19-7-5-6-13-31(19)26(33)18-30-17-21(23-16-22(29)10-11-24(23)30)15-25-27(34)32(28(35)36-25)14-12-20-8-3-2-4-9-20/h2-4,8-11,15-17,19H,5-7,12-14,18H2,1H3/b25-15-/t19-/m0/s1. The molecule has 0 bridgehead atoms. The van der Waals surface area contributed by atoms with Crippen LogP contribution in [0.25, 0.3) is 17.0 Å². The Hall–Kier alpha value is -2.84. The molecule has 2 saturated heterocycles. The van der Waals surface area contributed by atoms with Crippen LogP contribution in [0.3, 0.4) is 0 Å². The number of nitrogens with zero attached hydrogens (tertiary/aromatic N) is 3. The predicted octanol–water partition coefficient (Wildman–Crippen LogP) is 6.08. The summed E-state index contributed by atoms with van der Waals surface area (Å²) < 4.78 is 2.87. The van der Waals surface area contributed by atoms with E-state index in [1.165, 1.54) is 4.90 Å². The summed E-state index contributed by atoms with van der Waals surface area (Å²) in [4.78, 5) is 42.6. The molecule has 2 fully saturated rings. The summed E-state index contributed by atoms with van der Waals surface area (Å²) in [7, 11) is 0. The number of thioether (sulfide) groups is 1. The fourth-order valence-electron chi connectivity index (χ4n) is 4.97. The van der Waals surface area contributed by atoms with Gasteiger partial charge in [0.1, 0.15) is 6.54 Å². The Kier molecular flexibility index (Phi) is 7.34. The van der Waals surface area contributed by atoms with Crippen molar-refractivity contribution in [1.82, 2.24) is 14.4 Å². The van der Waals surface area contributed by atoms with Crippen LogP contribution >= 0.6 is 27.7 Å². The highest BCUT2D eigenvalue weighted by Crippen LogP contribution is 2.35. The molecule has 0 unspecified atom stereocenters. The number of hydrogen-bond donors (Lipinski definition) is 0. The van der Waals surface area contributed by atoms with E-state index in [4.69, 9.17) is 0 Å². The lowest BCUT2D eigenvalue weighted by Crippen LogP contribution is -2.43. The molecule has 0 radical (unpaired) electrons. The predicted molar refractivity (Wildman–Crippen MR) is 147 cm³/mol. The minimum atomic E-state index is -0.268. The molecule has 0 saturated carbocycles. The molecule has 3 aromatic rings. The molecule has 2 aliphatic rings. The number of fused-ring (bicyclic) bond motifs is 1. The molecule has 1 atom stereocenters. The molecule has 1 aromatic heterocycles. The first kappa shape index (κ1) is 24.8. The first-order valence-corrected chi connectivity index (χ1v) is 13.9. The summed E-state index contributed by atoms with van der Waals surface area (Å²) in [5.74, 6) is -0.162. The van der Waals surface area contributed by atoms with Crippen LogP contribution in [-0.4, -0.2) is 50.6 Å². The van der Waals surface area contributed by atoms with Gasteiger partial charge in [-0.25, -0.2) is 0 Å². The number of rotatable bonds is 6. The Labute approximate surface area is 223 Å². The van der Waals surface area contributed by atoms with Crippen molar-refractivity contribution in [3.05, 3.63) is 75.2 Å². The van der Waals surface area contributed by atoms with Gasteiger partial charge in [-0.1, -0.05) is 46.3 Å². The van der Waals surface area contributed by atoms with Crippen LogP contribution in [0, 0.1) is 0 Å². The lowest BCUT2D eigenvalue weighted by molar-refractivity contribution is -0.135. The molecule has 36 heavy (non-hydrogen) atoms. The quantitative estimate of drug-likeness (QED) is 0.339. The SMILES string of the molecule is C[C@H]1CCCCN1C(=O)Cn1cc(/C=C2\SC(=O)N(CCc3ccccc3)C2=O)c2cc(Br)ccc21. The van der Waals surface area contributed by atoms with Crippen molar-refractivity contribution < 1.29 is 14.4 Å². The Bertz CT molecular complexity index is 1350. The number of benzene rings is 2. The van der Waals surface area contributed by atoms with Crippen LogP contribution in [0.1, 0.15) is 37.3 Å². The van der Waals surface area contributed by atoms with Gasteiger partial charge in [0.25, 0.3) is 11.1 Å². The van der Waals surface area contributed by atoms with Crippen molar-refractivity contribution in [1.29, 1.82) is 0 Å². The molecule has 2 aliphatic heterocycles. The van der Waals surface area contributed by atoms with Crippen LogP contribution in [-0.2, 0) is 22.6 Å². The summed E-state index contributed by atoms with van der Waals surface area (Å²) in [6, 6.07) is 16.0. The smallest absolute Gasteiger partial charge is 0.293 e. The van der Waals surface area contributed by atoms with Crippen molar-refractivity contribution in [3.8, 4) is 0 Å². The zero-order valence-corrected chi connectivity index (χ0v) is 22.6. The third-order valence-electron chi connectivity index (χ3n) is 6.93. The van der Waals surface area contributed by atoms with Crippen LogP contribution < -0.4 is 0 Å². The van der Waals surface area contributed by atoms with E-state index in [0.29, 0.717) is 17.9 Å². The van der Waals surface area contributed by atoms with Gasteiger partial charge < -0.3 is 9.47 Å². The van der Waals surface area contributed by atoms with Gasteiger partial charge in [-0.05, 0) is 74.2 Å². The Balaban J connectivity index is 1.40. The van der Waals surface area contributed by atoms with E-state index in [0.717, 1.165) is 64.1 Å². The second-order valence-corrected chi connectivity index (χ2v) is 11.3. The monoisotopic (exact) mass is 565 g/mol. The number of hydrogen-bond acceptors (Lipinski definition) is 4. The molecule has 5 rings (SSSR count). The van der Waals surface area contributed by atoms with Crippen molar-refractivity contribution in [2.24, 2.45) is 0 Å². The minimum absolute atomic E-state index is 0.106. The fraction of sp³-hybridized carbons (Fsp3) is 0.321. The number of halogens is 1. The molecule has 8 heteroatoms. The molecular formula is C28H28BrN3O3S. The maximum Gasteiger partial charge on any atom is 0.293 e. The van der Waals surface area contributed by atoms with E-state index in [1.807, 2.05) is 64.2 Å². The molecule has 6 nitrogen and oxygen atoms in total. The number of amides is 3. The van der Waals surface area contributed by atoms with E-state index in [9.17, 15) is 14.4 Å². The summed E-state index contributed by atoms with van der Waals surface area (Å²) in [6.07, 6.45) is 7.57. The van der Waals surface area contributed by atoms with Gasteiger partial charge in [0.15, 0.2) is 0 Å². The number of likely N-dealkylation sites (tertiary alicyclic amines) is 1. The second kappa shape index (κ2) is 10.6. The normalized spacial score (nSPS) is 19.6. The lowest BCUT2D eigenvalue weighted by Gasteiger charge is -2.33. The van der Waals surface area contributed by atoms with E-state index < -0.39 is 0 Å². The number of aromatic nitrogens is 1. The van der Waals surface area contributed by atoms with Crippen LogP contribution in [0.5, 0.6) is 0 Å². The number of imide groups is 1. The van der Waals surface area contributed by atoms with Crippen molar-refractivity contribution in [2.75, 3.05) is 13.1 Å². The van der Waals surface area contributed by atoms with Crippen molar-refractivity contribution in [2.45, 2.75) is 45.2 Å². The highest BCUT2D eigenvalue weighted by atomic mass is 79.9. The maximum absolute atomic E-state index is 13.1. The van der Waals surface area contributed by atoms with Crippen molar-refractivity contribution in [3.63, 3.8) is 0 Å². The van der Waals surface area contributed by atoms with Crippen LogP contribution in [0.2, 0.25) is 0 Å². The van der Waals surface area contributed by atoms with E-state index >= 15 is 0 Å². The highest BCUT2D eigenvalue weighted by Gasteiger charge is 2.35. The molecular weight excluding hydrogens is 538 g/mol. The topological polar surface area (TPSA) is 62.6 Å². The Morgan fingerprint density at radius 1 is 1.14 bits per heavy atom. The fourth-order valence-corrected chi connectivity index (χ4v) is 6.18. The average Bonchev–Trinajstić information content (AvgIpc) is 3.33. The van der Waals surface area contributed by atoms with Gasteiger partial charge in [-0.3, -0.25) is 19.3 Å². The average molecular weight is 567 g/mol. The van der Waals surface area contributed by atoms with E-state index in [-0.39, 0.29) is 29.6 Å². The number of piperidine rings is 1. The number of carbonyl (C=O) groups excluding carboxylic acids is 3. The summed E-state index contributed by atoms with van der Waals surface area (Å²) in [6.45, 7) is 3.51. The van der Waals surface area contributed by atoms with Gasteiger partial charge in [-0.2, -0.15) is 0 Å². The highest BCUT2D eigenvalue weighted by molar-refractivity contribution is 9.10. The van der Waals surface area contributed by atoms with Gasteiger partial charge >= 0.3 is 0 Å². The molecule has 3 heterocycles. The zero-order chi connectivity index (χ0) is 25.2. The first-order chi connectivity index (χ1) is 17.4. The third kappa shape index (κ3) is 5.15. The van der Waals surface area contributed by atoms with Gasteiger partial charge in [0, 0.05) is 46.3 Å². The van der Waals surface area contributed by atoms with Gasteiger partial charge in [0.2, 0.25) is 5.91 Å². The van der Waals surface area contributed by atoms with E-state index in [1.54, 1.807) is 6.08 Å². The lowest BCUT2D eigenvalue weighted by atomic mass is 10.0. The molecule has 2 aromatic carbocycles. The van der Waals surface area contributed by atoms with Gasteiger partial charge in [-0.15, -0.1) is 0 Å². The Morgan fingerprint density at radius 2 is 1.94 bits per heavy atom. The molecule has 0 spiro atoms. The zero-order valence-electron chi connectivity index (χ0n) is 20.2. The molecule has 0 aliphatic carbocycles. The van der Waals surface area contributed by atoms with Crippen LogP contribution in [0.15, 0.2) is 64.1 Å². The van der Waals surface area contributed by atoms with Crippen LogP contribution in [0.4, 0.5) is 4.79 Å². The second-order valence-electron chi connectivity index (χ2n) is 9.37. The molecule has 3 amide bonds. The Morgan fingerprint density at radius 3 is 2.72 bits per heavy atom. The minimum Gasteiger partial charge on any atom is -0.338 e. The largest absolute Gasteiger partial charge is 0.338 e.